The number of hydrogen-bond donors (Lipinski definition) is 1. The van der Waals surface area contributed by atoms with Crippen LogP contribution in [0.3, 0.4) is 0 Å². The molecular formula is C10H19NOS. The fourth-order valence-corrected chi connectivity index (χ4v) is 2.85. The smallest absolute Gasteiger partial charge is 0.216 e. The second kappa shape index (κ2) is 4.89. The first kappa shape index (κ1) is 10.9. The molecule has 0 aliphatic heterocycles. The molecular weight excluding hydrogens is 182 g/mol. The van der Waals surface area contributed by atoms with E-state index in [0.717, 1.165) is 6.54 Å². The molecule has 1 fully saturated rings. The van der Waals surface area contributed by atoms with E-state index in [4.69, 9.17) is 0 Å². The van der Waals surface area contributed by atoms with E-state index in [0.29, 0.717) is 4.75 Å². The average Bonchev–Trinajstić information content (AvgIpc) is 2.16. The van der Waals surface area contributed by atoms with Crippen molar-refractivity contribution >= 4 is 17.7 Å². The highest BCUT2D eigenvalue weighted by molar-refractivity contribution is 8.00. The van der Waals surface area contributed by atoms with Crippen molar-refractivity contribution in [1.29, 1.82) is 0 Å². The number of nitrogens with one attached hydrogen (secondary N) is 1. The van der Waals surface area contributed by atoms with Crippen LogP contribution in [0.25, 0.3) is 0 Å². The van der Waals surface area contributed by atoms with Gasteiger partial charge in [-0.2, -0.15) is 11.8 Å². The highest BCUT2D eigenvalue weighted by atomic mass is 32.2. The standard InChI is InChI=1S/C10H19NOS/c1-9(12)11-8-10(13-2)6-4-3-5-7-10/h3-8H2,1-2H3,(H,11,12). The van der Waals surface area contributed by atoms with Gasteiger partial charge in [-0.15, -0.1) is 0 Å². The third-order valence-corrected chi connectivity index (χ3v) is 4.28. The van der Waals surface area contributed by atoms with E-state index in [1.165, 1.54) is 32.1 Å². The van der Waals surface area contributed by atoms with Crippen LogP contribution in [-0.2, 0) is 4.79 Å². The summed E-state index contributed by atoms with van der Waals surface area (Å²) in [6, 6.07) is 0. The van der Waals surface area contributed by atoms with Crippen LogP contribution in [0.15, 0.2) is 0 Å². The minimum atomic E-state index is 0.0963. The summed E-state index contributed by atoms with van der Waals surface area (Å²) < 4.78 is 0.337. The summed E-state index contributed by atoms with van der Waals surface area (Å²) in [5.74, 6) is 0.0963. The van der Waals surface area contributed by atoms with Crippen LogP contribution in [0.5, 0.6) is 0 Å². The second-order valence-corrected chi connectivity index (χ2v) is 5.13. The Bertz CT molecular complexity index is 176. The highest BCUT2D eigenvalue weighted by Crippen LogP contribution is 2.37. The third kappa shape index (κ3) is 3.22. The maximum Gasteiger partial charge on any atom is 0.216 e. The Hall–Kier alpha value is -0.180. The molecule has 1 rings (SSSR count). The van der Waals surface area contributed by atoms with Gasteiger partial charge in [0.2, 0.25) is 5.91 Å². The molecule has 1 amide bonds. The number of carbonyl (C=O) groups is 1. The molecule has 0 unspecified atom stereocenters. The predicted molar refractivity (Wildman–Crippen MR) is 58.0 cm³/mol. The van der Waals surface area contributed by atoms with Crippen molar-refractivity contribution < 1.29 is 4.79 Å². The minimum Gasteiger partial charge on any atom is -0.355 e. The van der Waals surface area contributed by atoms with Crippen LogP contribution in [-0.4, -0.2) is 23.5 Å². The Morgan fingerprint density at radius 3 is 2.46 bits per heavy atom. The summed E-state index contributed by atoms with van der Waals surface area (Å²) in [6.45, 7) is 2.44. The molecule has 2 nitrogen and oxygen atoms in total. The molecule has 0 aromatic carbocycles. The molecule has 0 spiro atoms. The van der Waals surface area contributed by atoms with Crippen molar-refractivity contribution in [2.24, 2.45) is 0 Å². The molecule has 0 aromatic heterocycles. The molecule has 13 heavy (non-hydrogen) atoms. The van der Waals surface area contributed by atoms with Gasteiger partial charge in [0.1, 0.15) is 0 Å². The van der Waals surface area contributed by atoms with Gasteiger partial charge in [-0.25, -0.2) is 0 Å². The van der Waals surface area contributed by atoms with Crippen molar-refractivity contribution in [2.75, 3.05) is 12.8 Å². The van der Waals surface area contributed by atoms with Crippen LogP contribution in [0.1, 0.15) is 39.0 Å². The van der Waals surface area contributed by atoms with E-state index in [1.807, 2.05) is 11.8 Å². The van der Waals surface area contributed by atoms with Gasteiger partial charge < -0.3 is 5.32 Å². The summed E-state index contributed by atoms with van der Waals surface area (Å²) >= 11 is 1.92. The maximum atomic E-state index is 10.8. The zero-order valence-corrected chi connectivity index (χ0v) is 9.38. The molecule has 1 saturated carbocycles. The number of amides is 1. The third-order valence-electron chi connectivity index (χ3n) is 2.86. The lowest BCUT2D eigenvalue weighted by Crippen LogP contribution is -2.40. The molecule has 0 saturated heterocycles. The first-order valence-electron chi connectivity index (χ1n) is 4.98. The molecule has 0 radical (unpaired) electrons. The van der Waals surface area contributed by atoms with Crippen molar-refractivity contribution in [3.05, 3.63) is 0 Å². The van der Waals surface area contributed by atoms with Gasteiger partial charge in [0.25, 0.3) is 0 Å². The zero-order valence-electron chi connectivity index (χ0n) is 8.56. The Morgan fingerprint density at radius 2 is 2.00 bits per heavy atom. The number of carbonyl (C=O) groups excluding carboxylic acids is 1. The first-order valence-corrected chi connectivity index (χ1v) is 6.21. The fourth-order valence-electron chi connectivity index (χ4n) is 1.93. The molecule has 0 bridgehead atoms. The molecule has 76 valence electrons. The molecule has 1 N–H and O–H groups in total. The van der Waals surface area contributed by atoms with Gasteiger partial charge in [0.05, 0.1) is 0 Å². The summed E-state index contributed by atoms with van der Waals surface area (Å²) in [5.41, 5.74) is 0. The molecule has 3 heteroatoms. The number of hydrogen-bond acceptors (Lipinski definition) is 2. The Labute approximate surface area is 84.9 Å². The van der Waals surface area contributed by atoms with E-state index in [2.05, 4.69) is 11.6 Å². The molecule has 0 aromatic rings. The highest BCUT2D eigenvalue weighted by Gasteiger charge is 2.30. The van der Waals surface area contributed by atoms with Crippen molar-refractivity contribution in [2.45, 2.75) is 43.8 Å². The quantitative estimate of drug-likeness (QED) is 0.758. The largest absolute Gasteiger partial charge is 0.355 e. The Balaban J connectivity index is 2.42. The van der Waals surface area contributed by atoms with Crippen molar-refractivity contribution in [1.82, 2.24) is 5.32 Å². The van der Waals surface area contributed by atoms with E-state index in [1.54, 1.807) is 6.92 Å². The topological polar surface area (TPSA) is 29.1 Å². The van der Waals surface area contributed by atoms with E-state index < -0.39 is 0 Å². The van der Waals surface area contributed by atoms with Gasteiger partial charge in [-0.3, -0.25) is 4.79 Å². The van der Waals surface area contributed by atoms with Gasteiger partial charge in [0, 0.05) is 18.2 Å². The summed E-state index contributed by atoms with van der Waals surface area (Å²) in [7, 11) is 0. The van der Waals surface area contributed by atoms with Gasteiger partial charge in [-0.05, 0) is 19.1 Å². The van der Waals surface area contributed by atoms with Crippen LogP contribution in [0.4, 0.5) is 0 Å². The Kier molecular flexibility index (Phi) is 4.10. The van der Waals surface area contributed by atoms with Gasteiger partial charge in [0.15, 0.2) is 0 Å². The van der Waals surface area contributed by atoms with E-state index >= 15 is 0 Å². The summed E-state index contributed by atoms with van der Waals surface area (Å²) in [6.07, 6.45) is 8.68. The summed E-state index contributed by atoms with van der Waals surface area (Å²) in [4.78, 5) is 10.8. The number of rotatable bonds is 3. The monoisotopic (exact) mass is 201 g/mol. The van der Waals surface area contributed by atoms with Gasteiger partial charge >= 0.3 is 0 Å². The van der Waals surface area contributed by atoms with Crippen LogP contribution in [0, 0.1) is 0 Å². The van der Waals surface area contributed by atoms with Crippen LogP contribution in [0.2, 0.25) is 0 Å². The average molecular weight is 201 g/mol. The molecule has 1 aliphatic rings. The lowest BCUT2D eigenvalue weighted by molar-refractivity contribution is -0.119. The van der Waals surface area contributed by atoms with Crippen molar-refractivity contribution in [3.8, 4) is 0 Å². The number of thioether (sulfide) groups is 1. The lowest BCUT2D eigenvalue weighted by atomic mass is 9.88. The Morgan fingerprint density at radius 1 is 1.38 bits per heavy atom. The normalized spacial score (nSPS) is 21.1. The van der Waals surface area contributed by atoms with Crippen molar-refractivity contribution in [3.63, 3.8) is 0 Å². The fraction of sp³-hybridized carbons (Fsp3) is 0.900. The maximum absolute atomic E-state index is 10.8. The zero-order chi connectivity index (χ0) is 9.73. The lowest BCUT2D eigenvalue weighted by Gasteiger charge is -2.35. The second-order valence-electron chi connectivity index (χ2n) is 3.86. The predicted octanol–water partition coefficient (Wildman–Crippen LogP) is 2.19. The van der Waals surface area contributed by atoms with Gasteiger partial charge in [-0.1, -0.05) is 19.3 Å². The minimum absolute atomic E-state index is 0.0963. The summed E-state index contributed by atoms with van der Waals surface area (Å²) in [5, 5.41) is 2.95. The molecule has 1 aliphatic carbocycles. The van der Waals surface area contributed by atoms with E-state index in [9.17, 15) is 4.79 Å². The molecule has 0 atom stereocenters. The van der Waals surface area contributed by atoms with E-state index in [-0.39, 0.29) is 5.91 Å². The molecule has 0 heterocycles. The van der Waals surface area contributed by atoms with Crippen LogP contribution < -0.4 is 5.32 Å². The van der Waals surface area contributed by atoms with Crippen LogP contribution >= 0.6 is 11.8 Å². The first-order chi connectivity index (χ1) is 6.18. The SMILES string of the molecule is CSC1(CNC(C)=O)CCCCC1.